The molecule has 0 saturated carbocycles. The molecule has 0 aliphatic carbocycles. The number of carbonyl (C=O) groups is 1. The lowest BCUT2D eigenvalue weighted by atomic mass is 10.1. The first-order valence-corrected chi connectivity index (χ1v) is 8.67. The Morgan fingerprint density at radius 1 is 1.16 bits per heavy atom. The summed E-state index contributed by atoms with van der Waals surface area (Å²) in [5.41, 5.74) is 1.55. The third kappa shape index (κ3) is 5.48. The fourth-order valence-corrected chi connectivity index (χ4v) is 2.47. The molecule has 5 nitrogen and oxygen atoms in total. The second-order valence-electron chi connectivity index (χ2n) is 5.90. The number of rotatable bonds is 9. The highest BCUT2D eigenvalue weighted by molar-refractivity contribution is 5.94. The van der Waals surface area contributed by atoms with Crippen molar-refractivity contribution in [3.63, 3.8) is 0 Å². The number of hydrogen-bond donors (Lipinski definition) is 1. The van der Waals surface area contributed by atoms with Crippen molar-refractivity contribution < 1.29 is 14.3 Å². The topological polar surface area (TPSA) is 60.5 Å². The Labute approximate surface area is 149 Å². The fourth-order valence-electron chi connectivity index (χ4n) is 2.47. The number of aromatic nitrogens is 1. The maximum Gasteiger partial charge on any atom is 0.251 e. The molecule has 1 atom stereocenters. The molecular weight excluding hydrogens is 316 g/mol. The quantitative estimate of drug-likeness (QED) is 0.696. The van der Waals surface area contributed by atoms with Crippen molar-refractivity contribution in [3.05, 3.63) is 53.9 Å². The molecule has 0 unspecified atom stereocenters. The van der Waals surface area contributed by atoms with Crippen molar-refractivity contribution in [2.24, 2.45) is 0 Å². The maximum atomic E-state index is 12.3. The largest absolute Gasteiger partial charge is 0.493 e. The van der Waals surface area contributed by atoms with Gasteiger partial charge in [0.05, 0.1) is 19.8 Å². The van der Waals surface area contributed by atoms with Crippen molar-refractivity contribution in [1.82, 2.24) is 10.3 Å². The minimum Gasteiger partial charge on any atom is -0.493 e. The third-order valence-electron chi connectivity index (χ3n) is 3.98. The zero-order valence-electron chi connectivity index (χ0n) is 15.1. The molecule has 0 aliphatic rings. The number of benzene rings is 1. The van der Waals surface area contributed by atoms with Gasteiger partial charge in [-0.3, -0.25) is 9.78 Å². The van der Waals surface area contributed by atoms with Crippen LogP contribution >= 0.6 is 0 Å². The molecule has 0 aliphatic heterocycles. The minimum absolute atomic E-state index is 0.131. The molecule has 1 amide bonds. The van der Waals surface area contributed by atoms with Crippen molar-refractivity contribution in [2.45, 2.75) is 39.2 Å². The van der Waals surface area contributed by atoms with Crippen LogP contribution in [0.5, 0.6) is 11.5 Å². The Balaban J connectivity index is 2.02. The standard InChI is InChI=1S/C20H26N2O3/c1-4-5-6-13-25-18-8-7-17(14-19(18)24-3)15(2)22-20(23)16-9-11-21-12-10-16/h7-12,14-15H,4-6,13H2,1-3H3,(H,22,23)/t15-/m0/s1. The highest BCUT2D eigenvalue weighted by atomic mass is 16.5. The van der Waals surface area contributed by atoms with E-state index < -0.39 is 0 Å². The Kier molecular flexibility index (Phi) is 7.26. The Bertz CT molecular complexity index is 674. The number of nitrogens with zero attached hydrogens (tertiary/aromatic N) is 1. The van der Waals surface area contributed by atoms with Gasteiger partial charge in [0, 0.05) is 18.0 Å². The first-order valence-electron chi connectivity index (χ1n) is 8.67. The lowest BCUT2D eigenvalue weighted by Crippen LogP contribution is -2.26. The molecule has 0 spiro atoms. The van der Waals surface area contributed by atoms with Gasteiger partial charge in [-0.05, 0) is 43.2 Å². The maximum absolute atomic E-state index is 12.3. The number of amides is 1. The van der Waals surface area contributed by atoms with Gasteiger partial charge in [0.15, 0.2) is 11.5 Å². The zero-order chi connectivity index (χ0) is 18.1. The van der Waals surface area contributed by atoms with E-state index in [1.165, 1.54) is 0 Å². The van der Waals surface area contributed by atoms with Crippen LogP contribution in [0.1, 0.15) is 55.1 Å². The van der Waals surface area contributed by atoms with Gasteiger partial charge in [0.25, 0.3) is 5.91 Å². The molecule has 2 aromatic rings. The lowest BCUT2D eigenvalue weighted by molar-refractivity contribution is 0.0939. The predicted octanol–water partition coefficient (Wildman–Crippen LogP) is 4.15. The van der Waals surface area contributed by atoms with Gasteiger partial charge < -0.3 is 14.8 Å². The van der Waals surface area contributed by atoms with E-state index in [0.29, 0.717) is 17.9 Å². The number of ether oxygens (including phenoxy) is 2. The van der Waals surface area contributed by atoms with Crippen LogP contribution in [-0.4, -0.2) is 24.6 Å². The van der Waals surface area contributed by atoms with E-state index >= 15 is 0 Å². The number of methoxy groups -OCH3 is 1. The molecule has 0 radical (unpaired) electrons. The Morgan fingerprint density at radius 2 is 1.92 bits per heavy atom. The summed E-state index contributed by atoms with van der Waals surface area (Å²) in [5, 5.41) is 2.98. The van der Waals surface area contributed by atoms with E-state index in [1.54, 1.807) is 31.6 Å². The second-order valence-corrected chi connectivity index (χ2v) is 5.90. The minimum atomic E-state index is -0.149. The fraction of sp³-hybridized carbons (Fsp3) is 0.400. The first-order chi connectivity index (χ1) is 12.2. The molecule has 1 N–H and O–H groups in total. The SMILES string of the molecule is CCCCCOc1ccc([C@H](C)NC(=O)c2ccncc2)cc1OC. The van der Waals surface area contributed by atoms with Gasteiger partial charge in [-0.25, -0.2) is 0 Å². The zero-order valence-corrected chi connectivity index (χ0v) is 15.1. The van der Waals surface area contributed by atoms with Gasteiger partial charge in [-0.2, -0.15) is 0 Å². The third-order valence-corrected chi connectivity index (χ3v) is 3.98. The average Bonchev–Trinajstić information content (AvgIpc) is 2.65. The number of unbranched alkanes of at least 4 members (excludes halogenated alkanes) is 2. The first kappa shape index (κ1) is 18.8. The molecule has 0 saturated heterocycles. The van der Waals surface area contributed by atoms with Crippen LogP contribution < -0.4 is 14.8 Å². The summed E-state index contributed by atoms with van der Waals surface area (Å²) < 4.78 is 11.2. The Hall–Kier alpha value is -2.56. The molecule has 1 aromatic heterocycles. The van der Waals surface area contributed by atoms with Crippen molar-refractivity contribution in [3.8, 4) is 11.5 Å². The van der Waals surface area contributed by atoms with Crippen LogP contribution in [0.2, 0.25) is 0 Å². The summed E-state index contributed by atoms with van der Waals surface area (Å²) in [6.07, 6.45) is 6.55. The lowest BCUT2D eigenvalue weighted by Gasteiger charge is -2.17. The smallest absolute Gasteiger partial charge is 0.251 e. The molecule has 1 heterocycles. The highest BCUT2D eigenvalue weighted by Crippen LogP contribution is 2.30. The number of hydrogen-bond acceptors (Lipinski definition) is 4. The van der Waals surface area contributed by atoms with Gasteiger partial charge >= 0.3 is 0 Å². The van der Waals surface area contributed by atoms with E-state index in [1.807, 2.05) is 25.1 Å². The van der Waals surface area contributed by atoms with Crippen LogP contribution in [0.15, 0.2) is 42.7 Å². The van der Waals surface area contributed by atoms with Gasteiger partial charge in [0.2, 0.25) is 0 Å². The normalized spacial score (nSPS) is 11.6. The van der Waals surface area contributed by atoms with E-state index in [0.717, 1.165) is 30.6 Å². The molecule has 2 rings (SSSR count). The van der Waals surface area contributed by atoms with Crippen molar-refractivity contribution in [1.29, 1.82) is 0 Å². The number of nitrogens with one attached hydrogen (secondary N) is 1. The van der Waals surface area contributed by atoms with E-state index in [-0.39, 0.29) is 11.9 Å². The summed E-state index contributed by atoms with van der Waals surface area (Å²) in [6.45, 7) is 4.78. The summed E-state index contributed by atoms with van der Waals surface area (Å²) >= 11 is 0. The van der Waals surface area contributed by atoms with Crippen LogP contribution in [-0.2, 0) is 0 Å². The summed E-state index contributed by atoms with van der Waals surface area (Å²) in [6, 6.07) is 8.99. The second kappa shape index (κ2) is 9.67. The number of carbonyl (C=O) groups excluding carboxylic acids is 1. The summed E-state index contributed by atoms with van der Waals surface area (Å²) in [4.78, 5) is 16.2. The molecule has 1 aromatic carbocycles. The van der Waals surface area contributed by atoms with E-state index in [4.69, 9.17) is 9.47 Å². The van der Waals surface area contributed by atoms with Crippen LogP contribution in [0, 0.1) is 0 Å². The Morgan fingerprint density at radius 3 is 2.60 bits per heavy atom. The molecule has 0 fully saturated rings. The van der Waals surface area contributed by atoms with E-state index in [9.17, 15) is 4.79 Å². The van der Waals surface area contributed by atoms with Gasteiger partial charge in [-0.1, -0.05) is 25.8 Å². The highest BCUT2D eigenvalue weighted by Gasteiger charge is 2.14. The van der Waals surface area contributed by atoms with Crippen molar-refractivity contribution >= 4 is 5.91 Å². The van der Waals surface area contributed by atoms with Crippen LogP contribution in [0.25, 0.3) is 0 Å². The summed E-state index contributed by atoms with van der Waals surface area (Å²) in [5.74, 6) is 1.28. The monoisotopic (exact) mass is 342 g/mol. The predicted molar refractivity (Wildman–Crippen MR) is 98.1 cm³/mol. The van der Waals surface area contributed by atoms with Crippen molar-refractivity contribution in [2.75, 3.05) is 13.7 Å². The molecule has 5 heteroatoms. The molecule has 134 valence electrons. The summed E-state index contributed by atoms with van der Waals surface area (Å²) in [7, 11) is 1.62. The number of pyridine rings is 1. The average molecular weight is 342 g/mol. The van der Waals surface area contributed by atoms with E-state index in [2.05, 4.69) is 17.2 Å². The van der Waals surface area contributed by atoms with Crippen LogP contribution in [0.3, 0.4) is 0 Å². The van der Waals surface area contributed by atoms with Crippen LogP contribution in [0.4, 0.5) is 0 Å². The molecule has 25 heavy (non-hydrogen) atoms. The molecular formula is C20H26N2O3. The molecule has 0 bridgehead atoms. The van der Waals surface area contributed by atoms with Gasteiger partial charge in [0.1, 0.15) is 0 Å². The van der Waals surface area contributed by atoms with Gasteiger partial charge in [-0.15, -0.1) is 0 Å².